The molecule has 10 nitrogen and oxygen atoms in total. The Kier molecular flexibility index (Phi) is 4.83. The summed E-state index contributed by atoms with van der Waals surface area (Å²) in [6.45, 7) is -0.580. The lowest BCUT2D eigenvalue weighted by atomic mass is 10.1. The zero-order valence-corrected chi connectivity index (χ0v) is 13.7. The van der Waals surface area contributed by atoms with Crippen molar-refractivity contribution >= 4 is 45.6 Å². The van der Waals surface area contributed by atoms with E-state index in [1.54, 1.807) is 0 Å². The van der Waals surface area contributed by atoms with Crippen molar-refractivity contribution in [3.05, 3.63) is 38.0 Å². The minimum atomic E-state index is -0.847. The Balaban J connectivity index is 2.39. The number of halogens is 1. The highest BCUT2D eigenvalue weighted by Crippen LogP contribution is 2.34. The minimum Gasteiger partial charge on any atom is -0.506 e. The summed E-state index contributed by atoms with van der Waals surface area (Å²) in [5, 5.41) is 23.0. The summed E-state index contributed by atoms with van der Waals surface area (Å²) in [7, 11) is 1.11. The highest BCUT2D eigenvalue weighted by molar-refractivity contribution is 9.10. The van der Waals surface area contributed by atoms with Gasteiger partial charge in [0, 0.05) is 17.7 Å². The number of phenolic OH excluding ortho intramolecular Hbond substituents is 1. The van der Waals surface area contributed by atoms with Gasteiger partial charge in [0.05, 0.1) is 16.5 Å². The van der Waals surface area contributed by atoms with Crippen molar-refractivity contribution < 1.29 is 29.2 Å². The van der Waals surface area contributed by atoms with Gasteiger partial charge < -0.3 is 15.2 Å². The standard InChI is InChI=1S/C13H10BrN3O7/c1-24-10(18)5-16-12(20)9(15-13(16)21)3-6-2-7(17(22)23)4-8(14)11(6)19/h2-4,19H,5H2,1H3,(H,15,21). The second kappa shape index (κ2) is 6.66. The molecule has 1 saturated heterocycles. The van der Waals surface area contributed by atoms with Crippen LogP contribution in [0.4, 0.5) is 10.5 Å². The van der Waals surface area contributed by atoms with Gasteiger partial charge in [-0.25, -0.2) is 9.69 Å². The molecular weight excluding hydrogens is 390 g/mol. The number of nitro benzene ring substituents is 1. The molecule has 0 aromatic heterocycles. The second-order valence-corrected chi connectivity index (χ2v) is 5.43. The Hall–Kier alpha value is -2.95. The van der Waals surface area contributed by atoms with Crippen molar-refractivity contribution in [2.75, 3.05) is 13.7 Å². The first-order valence-corrected chi connectivity index (χ1v) is 7.12. The highest BCUT2D eigenvalue weighted by atomic mass is 79.9. The van der Waals surface area contributed by atoms with Crippen LogP contribution in [0, 0.1) is 10.1 Å². The van der Waals surface area contributed by atoms with Gasteiger partial charge in [0.15, 0.2) is 0 Å². The van der Waals surface area contributed by atoms with Crippen molar-refractivity contribution in [1.82, 2.24) is 10.2 Å². The fourth-order valence-electron chi connectivity index (χ4n) is 1.89. The molecule has 2 N–H and O–H groups in total. The topological polar surface area (TPSA) is 139 Å². The van der Waals surface area contributed by atoms with Gasteiger partial charge in [0.25, 0.3) is 11.6 Å². The Morgan fingerprint density at radius 2 is 2.17 bits per heavy atom. The number of esters is 1. The van der Waals surface area contributed by atoms with E-state index in [-0.39, 0.29) is 27.2 Å². The number of urea groups is 1. The van der Waals surface area contributed by atoms with E-state index in [0.717, 1.165) is 25.3 Å². The Bertz CT molecular complexity index is 790. The third kappa shape index (κ3) is 3.35. The van der Waals surface area contributed by atoms with Crippen molar-refractivity contribution in [3.8, 4) is 5.75 Å². The molecule has 1 fully saturated rings. The van der Waals surface area contributed by atoms with Crippen LogP contribution in [0.5, 0.6) is 5.75 Å². The van der Waals surface area contributed by atoms with E-state index in [1.807, 2.05) is 0 Å². The molecule has 0 atom stereocenters. The first kappa shape index (κ1) is 17.4. The maximum absolute atomic E-state index is 12.1. The SMILES string of the molecule is COC(=O)CN1C(=O)NC(=Cc2cc([N+](=O)[O-])cc(Br)c2O)C1=O. The Morgan fingerprint density at radius 3 is 2.75 bits per heavy atom. The molecule has 11 heteroatoms. The number of nitrogens with zero attached hydrogens (tertiary/aromatic N) is 2. The van der Waals surface area contributed by atoms with Crippen LogP contribution in [0.2, 0.25) is 0 Å². The number of nitro groups is 1. The molecule has 1 aliphatic heterocycles. The van der Waals surface area contributed by atoms with E-state index < -0.39 is 29.4 Å². The molecule has 1 heterocycles. The van der Waals surface area contributed by atoms with Crippen molar-refractivity contribution in [2.24, 2.45) is 0 Å². The monoisotopic (exact) mass is 399 g/mol. The third-order valence-electron chi connectivity index (χ3n) is 3.07. The summed E-state index contributed by atoms with van der Waals surface area (Å²) < 4.78 is 4.43. The van der Waals surface area contributed by atoms with Crippen molar-refractivity contribution in [2.45, 2.75) is 0 Å². The number of ether oxygens (including phenoxy) is 1. The van der Waals surface area contributed by atoms with Crippen molar-refractivity contribution in [3.63, 3.8) is 0 Å². The molecule has 0 bridgehead atoms. The van der Waals surface area contributed by atoms with Crippen LogP contribution < -0.4 is 5.32 Å². The Labute approximate surface area is 143 Å². The fraction of sp³-hybridized carbons (Fsp3) is 0.154. The number of hydrogen-bond acceptors (Lipinski definition) is 7. The molecular formula is C13H10BrN3O7. The smallest absolute Gasteiger partial charge is 0.329 e. The predicted octanol–water partition coefficient (Wildman–Crippen LogP) is 1.13. The van der Waals surface area contributed by atoms with Crippen LogP contribution >= 0.6 is 15.9 Å². The number of imide groups is 1. The van der Waals surface area contributed by atoms with Gasteiger partial charge in [-0.3, -0.25) is 19.7 Å². The maximum Gasteiger partial charge on any atom is 0.329 e. The molecule has 0 saturated carbocycles. The second-order valence-electron chi connectivity index (χ2n) is 4.58. The molecule has 0 unspecified atom stereocenters. The first-order valence-electron chi connectivity index (χ1n) is 6.33. The van der Waals surface area contributed by atoms with Gasteiger partial charge >= 0.3 is 12.0 Å². The van der Waals surface area contributed by atoms with E-state index in [9.17, 15) is 29.6 Å². The molecule has 24 heavy (non-hydrogen) atoms. The largest absolute Gasteiger partial charge is 0.506 e. The molecule has 1 aliphatic rings. The lowest BCUT2D eigenvalue weighted by Gasteiger charge is -2.09. The number of hydrogen-bond donors (Lipinski definition) is 2. The van der Waals surface area contributed by atoms with E-state index in [4.69, 9.17) is 0 Å². The van der Waals surface area contributed by atoms with Crippen LogP contribution in [0.15, 0.2) is 22.3 Å². The number of carbonyl (C=O) groups is 3. The molecule has 0 spiro atoms. The number of methoxy groups -OCH3 is 1. The van der Waals surface area contributed by atoms with E-state index in [1.165, 1.54) is 0 Å². The van der Waals surface area contributed by atoms with Crippen LogP contribution in [0.3, 0.4) is 0 Å². The molecule has 1 aromatic rings. The summed E-state index contributed by atoms with van der Waals surface area (Å²) in [5.41, 5.74) is -0.624. The normalized spacial score (nSPS) is 15.6. The lowest BCUT2D eigenvalue weighted by molar-refractivity contribution is -0.385. The fourth-order valence-corrected chi connectivity index (χ4v) is 2.35. The first-order chi connectivity index (χ1) is 11.2. The molecule has 2 rings (SSSR count). The van der Waals surface area contributed by atoms with Gasteiger partial charge in [0.1, 0.15) is 18.0 Å². The number of carbonyl (C=O) groups excluding carboxylic acids is 3. The average molecular weight is 400 g/mol. The number of nitrogens with one attached hydrogen (secondary N) is 1. The van der Waals surface area contributed by atoms with Gasteiger partial charge in [-0.15, -0.1) is 0 Å². The molecule has 1 aromatic carbocycles. The summed E-state index contributed by atoms with van der Waals surface area (Å²) in [5.74, 6) is -1.96. The van der Waals surface area contributed by atoms with Crippen LogP contribution in [0.25, 0.3) is 6.08 Å². The molecule has 126 valence electrons. The number of phenols is 1. The van der Waals surface area contributed by atoms with Gasteiger partial charge in [0.2, 0.25) is 0 Å². The number of amides is 3. The van der Waals surface area contributed by atoms with E-state index in [0.29, 0.717) is 4.90 Å². The zero-order chi connectivity index (χ0) is 18.0. The van der Waals surface area contributed by atoms with Gasteiger partial charge in [-0.2, -0.15) is 0 Å². The van der Waals surface area contributed by atoms with Gasteiger partial charge in [-0.05, 0) is 22.0 Å². The number of non-ortho nitro benzene ring substituents is 1. The number of aromatic hydroxyl groups is 1. The van der Waals surface area contributed by atoms with E-state index >= 15 is 0 Å². The maximum atomic E-state index is 12.1. The van der Waals surface area contributed by atoms with Gasteiger partial charge in [-0.1, -0.05) is 0 Å². The number of rotatable bonds is 4. The molecule has 0 radical (unpaired) electrons. The summed E-state index contributed by atoms with van der Waals surface area (Å²) in [6, 6.07) is 1.28. The summed E-state index contributed by atoms with van der Waals surface area (Å²) in [4.78, 5) is 45.9. The van der Waals surface area contributed by atoms with E-state index in [2.05, 4.69) is 26.0 Å². The third-order valence-corrected chi connectivity index (χ3v) is 3.67. The average Bonchev–Trinajstić information content (AvgIpc) is 2.78. The van der Waals surface area contributed by atoms with Crippen molar-refractivity contribution in [1.29, 1.82) is 0 Å². The summed E-state index contributed by atoms with van der Waals surface area (Å²) in [6.07, 6.45) is 1.07. The minimum absolute atomic E-state index is 0.0479. The lowest BCUT2D eigenvalue weighted by Crippen LogP contribution is -2.36. The predicted molar refractivity (Wildman–Crippen MR) is 82.7 cm³/mol. The molecule has 3 amide bonds. The summed E-state index contributed by atoms with van der Waals surface area (Å²) >= 11 is 2.97. The number of benzene rings is 1. The quantitative estimate of drug-likeness (QED) is 0.254. The van der Waals surface area contributed by atoms with Crippen LogP contribution in [-0.2, 0) is 14.3 Å². The zero-order valence-electron chi connectivity index (χ0n) is 12.1. The molecule has 0 aliphatic carbocycles. The Morgan fingerprint density at radius 1 is 1.50 bits per heavy atom. The van der Waals surface area contributed by atoms with Crippen LogP contribution in [0.1, 0.15) is 5.56 Å². The van der Waals surface area contributed by atoms with Crippen LogP contribution in [-0.4, -0.2) is 46.5 Å². The highest BCUT2D eigenvalue weighted by Gasteiger charge is 2.35.